The maximum absolute atomic E-state index is 13.1. The Kier molecular flexibility index (Phi) is 4.78. The number of halogens is 1. The number of tetrazole rings is 1. The highest BCUT2D eigenvalue weighted by molar-refractivity contribution is 7.89. The van der Waals surface area contributed by atoms with Gasteiger partial charge in [0.15, 0.2) is 0 Å². The lowest BCUT2D eigenvalue weighted by Crippen LogP contribution is -2.34. The van der Waals surface area contributed by atoms with Crippen LogP contribution in [0.5, 0.6) is 0 Å². The van der Waals surface area contributed by atoms with Gasteiger partial charge < -0.3 is 0 Å². The molecule has 2 heterocycles. The Balaban J connectivity index is 1.56. The van der Waals surface area contributed by atoms with Gasteiger partial charge in [-0.1, -0.05) is 18.2 Å². The monoisotopic (exact) mass is 399 g/mol. The van der Waals surface area contributed by atoms with Gasteiger partial charge in [0.2, 0.25) is 10.0 Å². The minimum atomic E-state index is -3.61. The first kappa shape index (κ1) is 18.5. The highest BCUT2D eigenvalue weighted by atomic mass is 32.2. The van der Waals surface area contributed by atoms with Crippen molar-refractivity contribution in [1.29, 1.82) is 0 Å². The average molecular weight is 399 g/mol. The third-order valence-corrected chi connectivity index (χ3v) is 6.65. The van der Waals surface area contributed by atoms with Crippen molar-refractivity contribution in [2.24, 2.45) is 0 Å². The largest absolute Gasteiger partial charge is 0.243 e. The fourth-order valence-electron chi connectivity index (χ4n) is 3.26. The number of sulfonamides is 1. The first-order valence-electron chi connectivity index (χ1n) is 8.74. The summed E-state index contributed by atoms with van der Waals surface area (Å²) in [5.74, 6) is -0.287. The lowest BCUT2D eigenvalue weighted by Gasteiger charge is -2.26. The third-order valence-electron chi connectivity index (χ3n) is 4.79. The summed E-state index contributed by atoms with van der Waals surface area (Å²) < 4.78 is 42.1. The molecule has 0 N–H and O–H groups in total. The van der Waals surface area contributed by atoms with Gasteiger partial charge in [-0.05, 0) is 70.8 Å². The minimum absolute atomic E-state index is 0.237. The van der Waals surface area contributed by atoms with Crippen molar-refractivity contribution >= 4 is 15.6 Å². The van der Waals surface area contributed by atoms with Gasteiger partial charge in [0.25, 0.3) is 0 Å². The molecule has 0 aliphatic carbocycles. The van der Waals surface area contributed by atoms with Crippen LogP contribution in [-0.4, -0.2) is 46.0 Å². The van der Waals surface area contributed by atoms with Crippen molar-refractivity contribution in [2.75, 3.05) is 13.1 Å². The van der Waals surface area contributed by atoms with E-state index in [2.05, 4.69) is 15.5 Å². The molecule has 9 heteroatoms. The summed E-state index contributed by atoms with van der Waals surface area (Å²) in [6.07, 6.45) is 3.92. The lowest BCUT2D eigenvalue weighted by molar-refractivity contribution is 0.441. The Morgan fingerprint density at radius 2 is 1.89 bits per heavy atom. The number of benzene rings is 2. The zero-order valence-electron chi connectivity index (χ0n) is 15.2. The van der Waals surface area contributed by atoms with E-state index >= 15 is 0 Å². The SMILES string of the molecule is Cc1cc(S(=O)(=O)N2CC=C(c3ccc(F)cc3)CC2)ccc1-n1cnnn1. The molecule has 4 rings (SSSR count). The predicted molar refractivity (Wildman–Crippen MR) is 102 cm³/mol. The highest BCUT2D eigenvalue weighted by Gasteiger charge is 2.27. The number of nitrogens with zero attached hydrogens (tertiary/aromatic N) is 5. The van der Waals surface area contributed by atoms with E-state index in [-0.39, 0.29) is 17.3 Å². The van der Waals surface area contributed by atoms with Crippen LogP contribution in [0.25, 0.3) is 11.3 Å². The van der Waals surface area contributed by atoms with E-state index in [0.717, 1.165) is 22.4 Å². The van der Waals surface area contributed by atoms with Crippen molar-refractivity contribution in [2.45, 2.75) is 18.2 Å². The Labute approximate surface area is 162 Å². The molecule has 0 amide bonds. The second-order valence-corrected chi connectivity index (χ2v) is 8.49. The predicted octanol–water partition coefficient (Wildman–Crippen LogP) is 2.59. The summed E-state index contributed by atoms with van der Waals surface area (Å²) >= 11 is 0. The molecule has 0 bridgehead atoms. The summed E-state index contributed by atoms with van der Waals surface area (Å²) in [4.78, 5) is 0.237. The van der Waals surface area contributed by atoms with E-state index in [4.69, 9.17) is 0 Å². The smallest absolute Gasteiger partial charge is 0.207 e. The molecule has 144 valence electrons. The quantitative estimate of drug-likeness (QED) is 0.674. The van der Waals surface area contributed by atoms with Crippen LogP contribution in [0, 0.1) is 12.7 Å². The molecule has 0 spiro atoms. The van der Waals surface area contributed by atoms with Crippen LogP contribution < -0.4 is 0 Å². The second-order valence-electron chi connectivity index (χ2n) is 6.55. The highest BCUT2D eigenvalue weighted by Crippen LogP contribution is 2.27. The Bertz CT molecular complexity index is 1130. The van der Waals surface area contributed by atoms with Crippen molar-refractivity contribution < 1.29 is 12.8 Å². The van der Waals surface area contributed by atoms with Crippen LogP contribution in [0.15, 0.2) is 59.8 Å². The van der Waals surface area contributed by atoms with Gasteiger partial charge in [-0.3, -0.25) is 0 Å². The number of hydrogen-bond acceptors (Lipinski definition) is 5. The molecule has 0 atom stereocenters. The number of aryl methyl sites for hydroxylation is 1. The van der Waals surface area contributed by atoms with Gasteiger partial charge in [0.1, 0.15) is 12.1 Å². The number of rotatable bonds is 4. The van der Waals surface area contributed by atoms with Crippen molar-refractivity contribution in [3.8, 4) is 5.69 Å². The first-order chi connectivity index (χ1) is 13.4. The molecule has 3 aromatic rings. The standard InChI is InChI=1S/C19H18FN5O2S/c1-14-12-18(6-7-19(14)25-13-21-22-23-25)28(26,27)24-10-8-16(9-11-24)15-2-4-17(20)5-3-15/h2-8,12-13H,9-11H2,1H3. The zero-order chi connectivity index (χ0) is 19.7. The van der Waals surface area contributed by atoms with Crippen LogP contribution in [0.4, 0.5) is 4.39 Å². The summed E-state index contributed by atoms with van der Waals surface area (Å²) in [6.45, 7) is 2.47. The summed E-state index contributed by atoms with van der Waals surface area (Å²) in [5.41, 5.74) is 3.42. The Morgan fingerprint density at radius 3 is 2.50 bits per heavy atom. The van der Waals surface area contributed by atoms with Gasteiger partial charge >= 0.3 is 0 Å². The van der Waals surface area contributed by atoms with Crippen LogP contribution in [0.1, 0.15) is 17.5 Å². The van der Waals surface area contributed by atoms with Crippen LogP contribution >= 0.6 is 0 Å². The fraction of sp³-hybridized carbons (Fsp3) is 0.211. The van der Waals surface area contributed by atoms with Crippen molar-refractivity contribution in [3.63, 3.8) is 0 Å². The molecule has 1 aliphatic rings. The molecule has 2 aromatic carbocycles. The number of hydrogen-bond donors (Lipinski definition) is 0. The Morgan fingerprint density at radius 1 is 1.11 bits per heavy atom. The van der Waals surface area contributed by atoms with Gasteiger partial charge in [-0.2, -0.15) is 4.31 Å². The second kappa shape index (κ2) is 7.25. The summed E-state index contributed by atoms with van der Waals surface area (Å²) in [6, 6.07) is 11.1. The molecule has 1 aromatic heterocycles. The molecule has 0 unspecified atom stereocenters. The van der Waals surface area contributed by atoms with E-state index in [0.29, 0.717) is 13.0 Å². The summed E-state index contributed by atoms with van der Waals surface area (Å²) in [5, 5.41) is 11.0. The van der Waals surface area contributed by atoms with Gasteiger partial charge in [-0.15, -0.1) is 5.10 Å². The van der Waals surface area contributed by atoms with Crippen LogP contribution in [0.2, 0.25) is 0 Å². The Hall–Kier alpha value is -2.91. The normalized spacial score (nSPS) is 15.4. The first-order valence-corrected chi connectivity index (χ1v) is 10.2. The molecular weight excluding hydrogens is 381 g/mol. The molecular formula is C19H18FN5O2S. The van der Waals surface area contributed by atoms with Crippen molar-refractivity contribution in [1.82, 2.24) is 24.5 Å². The van der Waals surface area contributed by atoms with E-state index in [9.17, 15) is 12.8 Å². The van der Waals surface area contributed by atoms with Crippen LogP contribution in [-0.2, 0) is 10.0 Å². The molecule has 0 fully saturated rings. The van der Waals surface area contributed by atoms with Crippen molar-refractivity contribution in [3.05, 3.63) is 71.8 Å². The molecule has 7 nitrogen and oxygen atoms in total. The fourth-order valence-corrected chi connectivity index (χ4v) is 4.73. The molecule has 28 heavy (non-hydrogen) atoms. The van der Waals surface area contributed by atoms with E-state index in [1.165, 1.54) is 27.4 Å². The van der Waals surface area contributed by atoms with E-state index in [1.54, 1.807) is 30.3 Å². The summed E-state index contributed by atoms with van der Waals surface area (Å²) in [7, 11) is -3.61. The minimum Gasteiger partial charge on any atom is -0.207 e. The van der Waals surface area contributed by atoms with Gasteiger partial charge in [0, 0.05) is 13.1 Å². The maximum Gasteiger partial charge on any atom is 0.243 e. The van der Waals surface area contributed by atoms with E-state index in [1.807, 2.05) is 13.0 Å². The average Bonchev–Trinajstić information content (AvgIpc) is 3.23. The van der Waals surface area contributed by atoms with Gasteiger partial charge in [-0.25, -0.2) is 17.5 Å². The topological polar surface area (TPSA) is 81.0 Å². The molecule has 1 aliphatic heterocycles. The van der Waals surface area contributed by atoms with E-state index < -0.39 is 10.0 Å². The molecule has 0 saturated heterocycles. The molecule has 0 saturated carbocycles. The zero-order valence-corrected chi connectivity index (χ0v) is 16.0. The van der Waals surface area contributed by atoms with Crippen LogP contribution in [0.3, 0.4) is 0 Å². The number of aromatic nitrogens is 4. The maximum atomic E-state index is 13.1. The lowest BCUT2D eigenvalue weighted by atomic mass is 10.0. The molecule has 0 radical (unpaired) electrons. The third kappa shape index (κ3) is 3.46. The van der Waals surface area contributed by atoms with Gasteiger partial charge in [0.05, 0.1) is 10.6 Å².